The largest absolute Gasteiger partial charge is 0.478 e. The van der Waals surface area contributed by atoms with Gasteiger partial charge in [0.25, 0.3) is 0 Å². The third-order valence-corrected chi connectivity index (χ3v) is 4.27. The van der Waals surface area contributed by atoms with E-state index in [1.807, 2.05) is 0 Å². The Morgan fingerprint density at radius 2 is 1.16 bits per heavy atom. The van der Waals surface area contributed by atoms with E-state index in [0.29, 0.717) is 11.1 Å². The molecule has 0 aliphatic carbocycles. The third-order valence-electron chi connectivity index (χ3n) is 4.27. The number of benzene rings is 2. The predicted octanol–water partition coefficient (Wildman–Crippen LogP) is 4.69. The molecule has 3 nitrogen and oxygen atoms in total. The Labute approximate surface area is 143 Å². The highest BCUT2D eigenvalue weighted by molar-refractivity contribution is 5.87. The van der Waals surface area contributed by atoms with Crippen molar-refractivity contribution in [2.24, 2.45) is 5.41 Å². The number of aliphatic hydroxyl groups is 1. The lowest BCUT2D eigenvalue weighted by molar-refractivity contribution is -0.137. The van der Waals surface area contributed by atoms with Gasteiger partial charge in [-0.2, -0.15) is 13.2 Å². The third kappa shape index (κ3) is 3.54. The molecule has 6 heteroatoms. The lowest BCUT2D eigenvalue weighted by Gasteiger charge is -2.41. The number of halogens is 3. The van der Waals surface area contributed by atoms with Crippen LogP contribution in [0.5, 0.6) is 0 Å². The van der Waals surface area contributed by atoms with E-state index in [0.717, 1.165) is 12.1 Å². The van der Waals surface area contributed by atoms with Crippen molar-refractivity contribution in [1.82, 2.24) is 0 Å². The first-order valence-corrected chi connectivity index (χ1v) is 7.61. The van der Waals surface area contributed by atoms with Gasteiger partial charge in [0.2, 0.25) is 0 Å². The summed E-state index contributed by atoms with van der Waals surface area (Å²) in [4.78, 5) is 11.0. The normalized spacial score (nSPS) is 14.8. The Balaban J connectivity index is 2.57. The highest BCUT2D eigenvalue weighted by Crippen LogP contribution is 2.45. The van der Waals surface area contributed by atoms with Gasteiger partial charge in [-0.3, -0.25) is 0 Å². The molecule has 0 aliphatic heterocycles. The van der Waals surface area contributed by atoms with Crippen LogP contribution in [0.25, 0.3) is 0 Å². The zero-order valence-corrected chi connectivity index (χ0v) is 14.1. The van der Waals surface area contributed by atoms with Gasteiger partial charge in [0, 0.05) is 0 Å². The SMILES string of the molecule is CC(C)(C)C(O)(c1ccc(C(=O)O)cc1)c1ccc(C(F)(F)F)cc1. The van der Waals surface area contributed by atoms with Crippen molar-refractivity contribution in [2.45, 2.75) is 32.5 Å². The van der Waals surface area contributed by atoms with Gasteiger partial charge in [-0.05, 0) is 40.8 Å². The molecule has 0 saturated heterocycles. The van der Waals surface area contributed by atoms with E-state index in [1.54, 1.807) is 20.8 Å². The highest BCUT2D eigenvalue weighted by atomic mass is 19.4. The Hall–Kier alpha value is -2.34. The minimum absolute atomic E-state index is 0.0624. The number of carboxylic acids is 1. The molecule has 0 heterocycles. The van der Waals surface area contributed by atoms with E-state index in [-0.39, 0.29) is 5.56 Å². The fourth-order valence-electron chi connectivity index (χ4n) is 2.79. The molecule has 1 unspecified atom stereocenters. The Bertz CT molecular complexity index is 756. The Kier molecular flexibility index (Phi) is 4.70. The molecular weight excluding hydrogens is 333 g/mol. The number of hydrogen-bond donors (Lipinski definition) is 2. The summed E-state index contributed by atoms with van der Waals surface area (Å²) in [5, 5.41) is 20.4. The minimum Gasteiger partial charge on any atom is -0.478 e. The number of carboxylic acid groups (broad SMARTS) is 1. The van der Waals surface area contributed by atoms with Crippen LogP contribution in [0, 0.1) is 5.41 Å². The molecule has 2 rings (SSSR count). The van der Waals surface area contributed by atoms with Gasteiger partial charge in [-0.1, -0.05) is 45.0 Å². The van der Waals surface area contributed by atoms with E-state index in [1.165, 1.54) is 36.4 Å². The van der Waals surface area contributed by atoms with Crippen LogP contribution in [-0.2, 0) is 11.8 Å². The van der Waals surface area contributed by atoms with Crippen LogP contribution in [0.2, 0.25) is 0 Å². The second-order valence-corrected chi connectivity index (χ2v) is 6.92. The average molecular weight is 352 g/mol. The molecule has 1 atom stereocenters. The molecule has 0 aromatic heterocycles. The van der Waals surface area contributed by atoms with Crippen LogP contribution in [0.15, 0.2) is 48.5 Å². The van der Waals surface area contributed by atoms with E-state index >= 15 is 0 Å². The fraction of sp³-hybridized carbons (Fsp3) is 0.316. The first-order chi connectivity index (χ1) is 11.4. The minimum atomic E-state index is -4.46. The molecule has 0 radical (unpaired) electrons. The summed E-state index contributed by atoms with van der Waals surface area (Å²) < 4.78 is 38.3. The van der Waals surface area contributed by atoms with Crippen LogP contribution in [0.4, 0.5) is 13.2 Å². The summed E-state index contributed by atoms with van der Waals surface area (Å²) >= 11 is 0. The van der Waals surface area contributed by atoms with Crippen molar-refractivity contribution >= 4 is 5.97 Å². The fourth-order valence-corrected chi connectivity index (χ4v) is 2.79. The van der Waals surface area contributed by atoms with Gasteiger partial charge in [0.05, 0.1) is 11.1 Å². The van der Waals surface area contributed by atoms with E-state index < -0.39 is 28.7 Å². The maximum atomic E-state index is 12.8. The van der Waals surface area contributed by atoms with Gasteiger partial charge in [0.1, 0.15) is 5.60 Å². The van der Waals surface area contributed by atoms with Crippen molar-refractivity contribution in [2.75, 3.05) is 0 Å². The lowest BCUT2D eigenvalue weighted by atomic mass is 9.68. The van der Waals surface area contributed by atoms with Crippen molar-refractivity contribution in [3.8, 4) is 0 Å². The van der Waals surface area contributed by atoms with E-state index in [4.69, 9.17) is 5.11 Å². The molecule has 0 fully saturated rings. The molecule has 2 N–H and O–H groups in total. The maximum absolute atomic E-state index is 12.8. The van der Waals surface area contributed by atoms with E-state index in [9.17, 15) is 23.1 Å². The van der Waals surface area contributed by atoms with Crippen molar-refractivity contribution in [1.29, 1.82) is 0 Å². The molecule has 0 saturated carbocycles. The van der Waals surface area contributed by atoms with Crippen molar-refractivity contribution < 1.29 is 28.2 Å². The molecule has 2 aromatic carbocycles. The number of aromatic carboxylic acids is 1. The van der Waals surface area contributed by atoms with Gasteiger partial charge in [-0.15, -0.1) is 0 Å². The first kappa shape index (κ1) is 19.0. The second kappa shape index (κ2) is 6.19. The molecule has 0 amide bonds. The van der Waals surface area contributed by atoms with Crippen LogP contribution in [-0.4, -0.2) is 16.2 Å². The van der Waals surface area contributed by atoms with Gasteiger partial charge in [-0.25, -0.2) is 4.79 Å². The highest BCUT2D eigenvalue weighted by Gasteiger charge is 2.43. The second-order valence-electron chi connectivity index (χ2n) is 6.92. The molecule has 2 aromatic rings. The Morgan fingerprint density at radius 3 is 1.48 bits per heavy atom. The van der Waals surface area contributed by atoms with Gasteiger partial charge < -0.3 is 10.2 Å². The van der Waals surface area contributed by atoms with Crippen LogP contribution in [0.3, 0.4) is 0 Å². The molecular formula is C19H19F3O3. The molecule has 134 valence electrons. The van der Waals surface area contributed by atoms with Crippen LogP contribution < -0.4 is 0 Å². The number of alkyl halides is 3. The number of hydrogen-bond acceptors (Lipinski definition) is 2. The smallest absolute Gasteiger partial charge is 0.416 e. The standard InChI is InChI=1S/C19H19F3O3/c1-17(2,3)18(25,13-6-4-12(5-7-13)16(23)24)14-8-10-15(11-9-14)19(20,21)22/h4-11,25H,1-3H3,(H,23,24). The average Bonchev–Trinajstić information content (AvgIpc) is 2.52. The summed E-state index contributed by atoms with van der Waals surface area (Å²) in [6.45, 7) is 5.28. The molecule has 0 aliphatic rings. The number of rotatable bonds is 3. The summed E-state index contributed by atoms with van der Waals surface area (Å²) in [5.41, 5.74) is -2.37. The molecule has 25 heavy (non-hydrogen) atoms. The lowest BCUT2D eigenvalue weighted by Crippen LogP contribution is -2.41. The first-order valence-electron chi connectivity index (χ1n) is 7.61. The monoisotopic (exact) mass is 352 g/mol. The van der Waals surface area contributed by atoms with Crippen LogP contribution in [0.1, 0.15) is 47.8 Å². The Morgan fingerprint density at radius 1 is 0.800 bits per heavy atom. The zero-order chi connectivity index (χ0) is 19.0. The van der Waals surface area contributed by atoms with E-state index in [2.05, 4.69) is 0 Å². The molecule has 0 bridgehead atoms. The quantitative estimate of drug-likeness (QED) is 0.843. The van der Waals surface area contributed by atoms with Crippen molar-refractivity contribution in [3.63, 3.8) is 0 Å². The summed E-state index contributed by atoms with van der Waals surface area (Å²) in [5.74, 6) is -1.10. The predicted molar refractivity (Wildman–Crippen MR) is 87.3 cm³/mol. The summed E-state index contributed by atoms with van der Waals surface area (Å²) in [7, 11) is 0. The maximum Gasteiger partial charge on any atom is 0.416 e. The van der Waals surface area contributed by atoms with Crippen LogP contribution >= 0.6 is 0 Å². The molecule has 0 spiro atoms. The van der Waals surface area contributed by atoms with Gasteiger partial charge in [0.15, 0.2) is 0 Å². The summed E-state index contributed by atoms with van der Waals surface area (Å²) in [6.07, 6.45) is -4.46. The van der Waals surface area contributed by atoms with Crippen molar-refractivity contribution in [3.05, 3.63) is 70.8 Å². The van der Waals surface area contributed by atoms with Gasteiger partial charge >= 0.3 is 12.1 Å². The zero-order valence-electron chi connectivity index (χ0n) is 14.1. The number of carbonyl (C=O) groups is 1. The summed E-state index contributed by atoms with van der Waals surface area (Å²) in [6, 6.07) is 10.0. The topological polar surface area (TPSA) is 57.5 Å².